The van der Waals surface area contributed by atoms with Crippen molar-refractivity contribution in [3.8, 4) is 0 Å². The van der Waals surface area contributed by atoms with Crippen LogP contribution in [0.2, 0.25) is 0 Å². The minimum atomic E-state index is -0.160. The highest BCUT2D eigenvalue weighted by Crippen LogP contribution is 2.13. The number of carbonyl (C=O) groups is 1. The van der Waals surface area contributed by atoms with Crippen LogP contribution >= 0.6 is 0 Å². The molecule has 0 N–H and O–H groups in total. The molecular weight excluding hydrogens is 168 g/mol. The first kappa shape index (κ1) is 12.4. The monoisotopic (exact) mass is 188 g/mol. The van der Waals surface area contributed by atoms with Crippen LogP contribution in [-0.4, -0.2) is 25.8 Å². The van der Waals surface area contributed by atoms with Crippen molar-refractivity contribution in [2.75, 3.05) is 13.7 Å². The van der Waals surface area contributed by atoms with E-state index in [1.165, 1.54) is 0 Å². The van der Waals surface area contributed by atoms with Crippen LogP contribution in [0.3, 0.4) is 0 Å². The predicted molar refractivity (Wildman–Crippen MR) is 51.4 cm³/mol. The largest absolute Gasteiger partial charge is 0.463 e. The minimum Gasteiger partial charge on any atom is -0.463 e. The fraction of sp³-hybridized carbons (Fsp3) is 0.900. The fourth-order valence-corrected chi connectivity index (χ4v) is 1.03. The van der Waals surface area contributed by atoms with E-state index >= 15 is 0 Å². The molecule has 0 rings (SSSR count). The van der Waals surface area contributed by atoms with Crippen molar-refractivity contribution < 1.29 is 14.3 Å². The Hall–Kier alpha value is -0.570. The molecule has 0 amide bonds. The quantitative estimate of drug-likeness (QED) is 0.618. The summed E-state index contributed by atoms with van der Waals surface area (Å²) in [5.74, 6) is -0.0505. The number of hydrogen-bond donors (Lipinski definition) is 0. The van der Waals surface area contributed by atoms with Crippen molar-refractivity contribution in [3.63, 3.8) is 0 Å². The van der Waals surface area contributed by atoms with Gasteiger partial charge in [-0.05, 0) is 19.8 Å². The van der Waals surface area contributed by atoms with Gasteiger partial charge in [0.15, 0.2) is 0 Å². The lowest BCUT2D eigenvalue weighted by Crippen LogP contribution is -2.28. The summed E-state index contributed by atoms with van der Waals surface area (Å²) >= 11 is 0. The molecule has 13 heavy (non-hydrogen) atoms. The average Bonchev–Trinajstić information content (AvgIpc) is 1.97. The van der Waals surface area contributed by atoms with E-state index in [1.54, 1.807) is 7.11 Å². The first-order valence-corrected chi connectivity index (χ1v) is 4.68. The molecule has 1 atom stereocenters. The van der Waals surface area contributed by atoms with Crippen LogP contribution in [0.5, 0.6) is 0 Å². The van der Waals surface area contributed by atoms with Gasteiger partial charge in [0.2, 0.25) is 0 Å². The zero-order valence-corrected chi connectivity index (χ0v) is 9.16. The Kier molecular flexibility index (Phi) is 5.71. The maximum Gasteiger partial charge on any atom is 0.311 e. The van der Waals surface area contributed by atoms with E-state index in [1.807, 2.05) is 27.7 Å². The molecule has 0 saturated heterocycles. The Bertz CT molecular complexity index is 152. The molecule has 0 aromatic rings. The number of esters is 1. The normalized spacial score (nSPS) is 13.5. The van der Waals surface area contributed by atoms with Crippen molar-refractivity contribution in [2.45, 2.75) is 33.8 Å². The van der Waals surface area contributed by atoms with Crippen LogP contribution in [-0.2, 0) is 14.3 Å². The predicted octanol–water partition coefficient (Wildman–Crippen LogP) is 1.86. The lowest BCUT2D eigenvalue weighted by molar-refractivity contribution is -0.156. The van der Waals surface area contributed by atoms with Gasteiger partial charge in [-0.2, -0.15) is 0 Å². The topological polar surface area (TPSA) is 35.5 Å². The van der Waals surface area contributed by atoms with Crippen LogP contribution < -0.4 is 0 Å². The fourth-order valence-electron chi connectivity index (χ4n) is 1.03. The summed E-state index contributed by atoms with van der Waals surface area (Å²) in [6.07, 6.45) is -0.0504. The number of methoxy groups -OCH3 is 1. The van der Waals surface area contributed by atoms with Crippen LogP contribution in [0.1, 0.15) is 27.7 Å². The molecule has 0 aromatic heterocycles. The number of carbonyl (C=O) groups excluding carboxylic acids is 1. The van der Waals surface area contributed by atoms with Gasteiger partial charge >= 0.3 is 5.97 Å². The summed E-state index contributed by atoms with van der Waals surface area (Å²) in [7, 11) is 1.60. The maximum absolute atomic E-state index is 11.5. The molecule has 0 aliphatic heterocycles. The van der Waals surface area contributed by atoms with E-state index in [2.05, 4.69) is 0 Å². The molecule has 0 saturated carbocycles. The molecule has 0 radical (unpaired) electrons. The Morgan fingerprint density at radius 2 is 1.77 bits per heavy atom. The zero-order chi connectivity index (χ0) is 10.4. The van der Waals surface area contributed by atoms with E-state index in [4.69, 9.17) is 9.47 Å². The Labute approximate surface area is 80.4 Å². The van der Waals surface area contributed by atoms with Gasteiger partial charge < -0.3 is 9.47 Å². The van der Waals surface area contributed by atoms with E-state index in [0.717, 1.165) is 0 Å². The second-order valence-electron chi connectivity index (χ2n) is 3.79. The maximum atomic E-state index is 11.5. The van der Waals surface area contributed by atoms with E-state index < -0.39 is 0 Å². The smallest absolute Gasteiger partial charge is 0.311 e. The average molecular weight is 188 g/mol. The Morgan fingerprint density at radius 1 is 1.23 bits per heavy atom. The molecule has 0 aromatic carbocycles. The van der Waals surface area contributed by atoms with E-state index in [-0.39, 0.29) is 23.9 Å². The van der Waals surface area contributed by atoms with Crippen molar-refractivity contribution in [2.24, 2.45) is 11.8 Å². The molecule has 78 valence electrons. The van der Waals surface area contributed by atoms with E-state index in [9.17, 15) is 4.79 Å². The molecule has 0 aliphatic carbocycles. The SMILES string of the molecule is COCC(C(=O)OC(C)C)C(C)C. The van der Waals surface area contributed by atoms with Crippen molar-refractivity contribution >= 4 is 5.97 Å². The highest BCUT2D eigenvalue weighted by Gasteiger charge is 2.24. The lowest BCUT2D eigenvalue weighted by atomic mass is 9.97. The molecule has 1 unspecified atom stereocenters. The first-order valence-electron chi connectivity index (χ1n) is 4.68. The second-order valence-corrected chi connectivity index (χ2v) is 3.79. The number of rotatable bonds is 5. The number of ether oxygens (including phenoxy) is 2. The summed E-state index contributed by atoms with van der Waals surface area (Å²) in [4.78, 5) is 11.5. The highest BCUT2D eigenvalue weighted by atomic mass is 16.5. The summed E-state index contributed by atoms with van der Waals surface area (Å²) in [6.45, 7) is 8.12. The molecule has 0 heterocycles. The third-order valence-corrected chi connectivity index (χ3v) is 1.81. The lowest BCUT2D eigenvalue weighted by Gasteiger charge is -2.19. The van der Waals surface area contributed by atoms with Crippen molar-refractivity contribution in [3.05, 3.63) is 0 Å². The van der Waals surface area contributed by atoms with Crippen LogP contribution in [0, 0.1) is 11.8 Å². The van der Waals surface area contributed by atoms with Crippen LogP contribution in [0.15, 0.2) is 0 Å². The van der Waals surface area contributed by atoms with Gasteiger partial charge in [0.05, 0.1) is 18.6 Å². The first-order chi connectivity index (χ1) is 5.99. The Morgan fingerprint density at radius 3 is 2.08 bits per heavy atom. The Balaban J connectivity index is 4.11. The van der Waals surface area contributed by atoms with Gasteiger partial charge in [0.25, 0.3) is 0 Å². The van der Waals surface area contributed by atoms with Gasteiger partial charge in [-0.25, -0.2) is 0 Å². The van der Waals surface area contributed by atoms with Crippen molar-refractivity contribution in [1.29, 1.82) is 0 Å². The third-order valence-electron chi connectivity index (χ3n) is 1.81. The third kappa shape index (κ3) is 4.88. The molecule has 3 heteroatoms. The second kappa shape index (κ2) is 5.97. The van der Waals surface area contributed by atoms with E-state index in [0.29, 0.717) is 6.61 Å². The molecule has 0 spiro atoms. The molecule has 0 aliphatic rings. The molecule has 0 fully saturated rings. The summed E-state index contributed by atoms with van der Waals surface area (Å²) in [5, 5.41) is 0. The van der Waals surface area contributed by atoms with Gasteiger partial charge in [-0.1, -0.05) is 13.8 Å². The highest BCUT2D eigenvalue weighted by molar-refractivity contribution is 5.73. The summed E-state index contributed by atoms with van der Waals surface area (Å²) in [6, 6.07) is 0. The molecule has 0 bridgehead atoms. The van der Waals surface area contributed by atoms with Crippen LogP contribution in [0.25, 0.3) is 0 Å². The standard InChI is InChI=1S/C10H20O3/c1-7(2)9(6-12-5)10(11)13-8(3)4/h7-9H,6H2,1-5H3. The molecular formula is C10H20O3. The number of hydrogen-bond acceptors (Lipinski definition) is 3. The minimum absolute atomic E-state index is 0.0504. The van der Waals surface area contributed by atoms with Crippen molar-refractivity contribution in [1.82, 2.24) is 0 Å². The van der Waals surface area contributed by atoms with Gasteiger partial charge in [0, 0.05) is 7.11 Å². The summed E-state index contributed by atoms with van der Waals surface area (Å²) in [5.41, 5.74) is 0. The van der Waals surface area contributed by atoms with Gasteiger partial charge in [-0.3, -0.25) is 4.79 Å². The zero-order valence-electron chi connectivity index (χ0n) is 9.16. The van der Waals surface area contributed by atoms with Gasteiger partial charge in [-0.15, -0.1) is 0 Å². The van der Waals surface area contributed by atoms with Gasteiger partial charge in [0.1, 0.15) is 0 Å². The summed E-state index contributed by atoms with van der Waals surface area (Å²) < 4.78 is 10.1. The van der Waals surface area contributed by atoms with Crippen LogP contribution in [0.4, 0.5) is 0 Å². The molecule has 3 nitrogen and oxygen atoms in total.